The fourth-order valence-corrected chi connectivity index (χ4v) is 1.74. The van der Waals surface area contributed by atoms with Crippen LogP contribution in [0.5, 0.6) is 5.88 Å². The maximum Gasteiger partial charge on any atom is 0.233 e. The van der Waals surface area contributed by atoms with Crippen molar-refractivity contribution in [3.05, 3.63) is 34.9 Å². The summed E-state index contributed by atoms with van der Waals surface area (Å²) in [5, 5.41) is 10.2. The summed E-state index contributed by atoms with van der Waals surface area (Å²) in [6, 6.07) is 4.35. The van der Waals surface area contributed by atoms with Gasteiger partial charge in [-0.1, -0.05) is 13.8 Å². The molecule has 0 aromatic carbocycles. The molecule has 0 spiro atoms. The number of nitrogens with one attached hydrogen (secondary N) is 2. The van der Waals surface area contributed by atoms with Crippen LogP contribution in [-0.2, 0) is 13.2 Å². The van der Waals surface area contributed by atoms with Gasteiger partial charge in [-0.15, -0.1) is 5.10 Å². The van der Waals surface area contributed by atoms with E-state index in [2.05, 4.69) is 29.4 Å². The number of rotatable bonds is 6. The number of aromatic amines is 1. The predicted molar refractivity (Wildman–Crippen MR) is 73.1 cm³/mol. The van der Waals surface area contributed by atoms with Crippen molar-refractivity contribution in [2.24, 2.45) is 0 Å². The second-order valence-electron chi connectivity index (χ2n) is 5.01. The highest BCUT2D eigenvalue weighted by Crippen LogP contribution is 2.17. The Hall–Kier alpha value is -1.75. The number of nitrogens with zero attached hydrogens (tertiary/aromatic N) is 1. The van der Waals surface area contributed by atoms with Crippen LogP contribution < -0.4 is 10.1 Å². The number of aryl methyl sites for hydroxylation is 2. The molecule has 0 aliphatic heterocycles. The summed E-state index contributed by atoms with van der Waals surface area (Å²) >= 11 is 0. The summed E-state index contributed by atoms with van der Waals surface area (Å²) in [6.07, 6.45) is 0. The minimum atomic E-state index is 0.442. The molecule has 0 saturated heterocycles. The highest BCUT2D eigenvalue weighted by atomic mass is 16.5. The zero-order valence-electron chi connectivity index (χ0n) is 11.9. The molecule has 0 saturated carbocycles. The van der Waals surface area contributed by atoms with Crippen LogP contribution in [0.3, 0.4) is 0 Å². The van der Waals surface area contributed by atoms with Gasteiger partial charge in [-0.05, 0) is 19.9 Å². The number of hydrogen-bond donors (Lipinski definition) is 2. The summed E-state index contributed by atoms with van der Waals surface area (Å²) in [6.45, 7) is 9.33. The fraction of sp³-hybridized carbons (Fsp3) is 0.500. The number of furan rings is 1. The van der Waals surface area contributed by atoms with Crippen LogP contribution in [0, 0.1) is 13.8 Å². The minimum Gasteiger partial charge on any atom is -0.472 e. The molecule has 0 unspecified atom stereocenters. The molecule has 2 N–H and O–H groups in total. The monoisotopic (exact) mass is 263 g/mol. The first kappa shape index (κ1) is 13.7. The average molecular weight is 263 g/mol. The quantitative estimate of drug-likeness (QED) is 0.841. The molecule has 2 aromatic heterocycles. The highest BCUT2D eigenvalue weighted by molar-refractivity contribution is 5.21. The molecule has 2 heterocycles. The molecular weight excluding hydrogens is 242 g/mol. The van der Waals surface area contributed by atoms with Crippen molar-refractivity contribution < 1.29 is 9.15 Å². The Bertz CT molecular complexity index is 529. The summed E-state index contributed by atoms with van der Waals surface area (Å²) in [5.74, 6) is 2.44. The largest absolute Gasteiger partial charge is 0.472 e. The van der Waals surface area contributed by atoms with Gasteiger partial charge >= 0.3 is 0 Å². The van der Waals surface area contributed by atoms with Gasteiger partial charge in [-0.3, -0.25) is 5.10 Å². The second-order valence-corrected chi connectivity index (χ2v) is 5.01. The number of hydrogen-bond acceptors (Lipinski definition) is 4. The lowest BCUT2D eigenvalue weighted by atomic mass is 10.2. The molecule has 104 valence electrons. The Morgan fingerprint density at radius 1 is 1.37 bits per heavy atom. The summed E-state index contributed by atoms with van der Waals surface area (Å²) < 4.78 is 11.3. The standard InChI is InChI=1S/C14H21N3O2/c1-9(2)15-7-13-6-12(11(4)19-13)8-18-14-5-10(3)16-17-14/h5-6,9,15H,7-8H2,1-4H3,(H,16,17). The molecule has 0 atom stereocenters. The summed E-state index contributed by atoms with van der Waals surface area (Å²) in [4.78, 5) is 0. The Morgan fingerprint density at radius 2 is 2.16 bits per heavy atom. The van der Waals surface area contributed by atoms with Gasteiger partial charge in [-0.25, -0.2) is 0 Å². The van der Waals surface area contributed by atoms with E-state index >= 15 is 0 Å². The number of H-pyrrole nitrogens is 1. The van der Waals surface area contributed by atoms with E-state index in [4.69, 9.17) is 9.15 Å². The lowest BCUT2D eigenvalue weighted by Crippen LogP contribution is -2.21. The van der Waals surface area contributed by atoms with E-state index in [0.717, 1.165) is 29.3 Å². The van der Waals surface area contributed by atoms with E-state index in [1.165, 1.54) is 0 Å². The van der Waals surface area contributed by atoms with Crippen LogP contribution in [0.1, 0.15) is 36.6 Å². The Labute approximate surface area is 113 Å². The van der Waals surface area contributed by atoms with Gasteiger partial charge < -0.3 is 14.5 Å². The molecule has 0 aliphatic carbocycles. The van der Waals surface area contributed by atoms with Crippen molar-refractivity contribution in [1.29, 1.82) is 0 Å². The summed E-state index contributed by atoms with van der Waals surface area (Å²) in [5.41, 5.74) is 2.04. The maximum atomic E-state index is 5.69. The topological polar surface area (TPSA) is 63.1 Å². The van der Waals surface area contributed by atoms with Crippen LogP contribution in [-0.4, -0.2) is 16.2 Å². The van der Waals surface area contributed by atoms with Gasteiger partial charge in [0.2, 0.25) is 5.88 Å². The van der Waals surface area contributed by atoms with Gasteiger partial charge in [0.05, 0.1) is 6.54 Å². The first-order chi connectivity index (χ1) is 9.04. The third-order valence-electron chi connectivity index (χ3n) is 2.81. The Balaban J connectivity index is 1.93. The number of aromatic nitrogens is 2. The van der Waals surface area contributed by atoms with E-state index in [-0.39, 0.29) is 0 Å². The van der Waals surface area contributed by atoms with Gasteiger partial charge in [0.25, 0.3) is 0 Å². The molecule has 0 bridgehead atoms. The minimum absolute atomic E-state index is 0.442. The van der Waals surface area contributed by atoms with E-state index in [1.54, 1.807) is 0 Å². The van der Waals surface area contributed by atoms with Crippen LogP contribution in [0.25, 0.3) is 0 Å². The molecule has 5 heteroatoms. The molecule has 5 nitrogen and oxygen atoms in total. The van der Waals surface area contributed by atoms with Gasteiger partial charge in [0, 0.05) is 23.4 Å². The zero-order valence-corrected chi connectivity index (χ0v) is 11.9. The van der Waals surface area contributed by atoms with Crippen molar-refractivity contribution in [2.45, 2.75) is 46.9 Å². The molecule has 0 amide bonds. The molecule has 0 aliphatic rings. The smallest absolute Gasteiger partial charge is 0.233 e. The molecule has 0 fully saturated rings. The maximum absolute atomic E-state index is 5.69. The van der Waals surface area contributed by atoms with E-state index < -0.39 is 0 Å². The Kier molecular flexibility index (Phi) is 4.27. The summed E-state index contributed by atoms with van der Waals surface area (Å²) in [7, 11) is 0. The number of ether oxygens (including phenoxy) is 1. The van der Waals surface area contributed by atoms with E-state index in [0.29, 0.717) is 18.5 Å². The predicted octanol–water partition coefficient (Wildman–Crippen LogP) is 2.70. The van der Waals surface area contributed by atoms with Crippen molar-refractivity contribution in [3.63, 3.8) is 0 Å². The molecule has 19 heavy (non-hydrogen) atoms. The van der Waals surface area contributed by atoms with Crippen molar-refractivity contribution >= 4 is 0 Å². The zero-order chi connectivity index (χ0) is 13.8. The van der Waals surface area contributed by atoms with Crippen molar-refractivity contribution in [3.8, 4) is 5.88 Å². The molecule has 2 rings (SSSR count). The van der Waals surface area contributed by atoms with E-state index in [1.807, 2.05) is 26.0 Å². The SMILES string of the molecule is Cc1cc(OCc2cc(CNC(C)C)oc2C)n[nH]1. The first-order valence-corrected chi connectivity index (χ1v) is 6.51. The van der Waals surface area contributed by atoms with Crippen molar-refractivity contribution in [1.82, 2.24) is 15.5 Å². The van der Waals surface area contributed by atoms with Crippen LogP contribution >= 0.6 is 0 Å². The fourth-order valence-electron chi connectivity index (χ4n) is 1.74. The van der Waals surface area contributed by atoms with Gasteiger partial charge in [0.15, 0.2) is 0 Å². The van der Waals surface area contributed by atoms with Gasteiger partial charge in [0.1, 0.15) is 18.1 Å². The van der Waals surface area contributed by atoms with Crippen LogP contribution in [0.4, 0.5) is 0 Å². The first-order valence-electron chi connectivity index (χ1n) is 6.51. The Morgan fingerprint density at radius 3 is 2.79 bits per heavy atom. The molecule has 2 aromatic rings. The highest BCUT2D eigenvalue weighted by Gasteiger charge is 2.09. The third-order valence-corrected chi connectivity index (χ3v) is 2.81. The normalized spacial score (nSPS) is 11.2. The molecule has 0 radical (unpaired) electrons. The van der Waals surface area contributed by atoms with Crippen LogP contribution in [0.15, 0.2) is 16.5 Å². The van der Waals surface area contributed by atoms with Crippen LogP contribution in [0.2, 0.25) is 0 Å². The molecular formula is C14H21N3O2. The third kappa shape index (κ3) is 3.86. The average Bonchev–Trinajstić information content (AvgIpc) is 2.90. The lowest BCUT2D eigenvalue weighted by Gasteiger charge is -2.04. The van der Waals surface area contributed by atoms with E-state index in [9.17, 15) is 0 Å². The second kappa shape index (κ2) is 5.93. The van der Waals surface area contributed by atoms with Gasteiger partial charge in [-0.2, -0.15) is 0 Å². The van der Waals surface area contributed by atoms with Crippen molar-refractivity contribution in [2.75, 3.05) is 0 Å². The lowest BCUT2D eigenvalue weighted by molar-refractivity contribution is 0.290.